The lowest BCUT2D eigenvalue weighted by atomic mass is 10.2. The Morgan fingerprint density at radius 1 is 1.33 bits per heavy atom. The largest absolute Gasteiger partial charge is 0.395 e. The summed E-state index contributed by atoms with van der Waals surface area (Å²) < 4.78 is 0. The molecule has 0 radical (unpaired) electrons. The molecule has 66 valence electrons. The maximum Gasteiger partial charge on any atom is 0.150 e. The number of aldehydes is 1. The van der Waals surface area contributed by atoms with E-state index in [0.717, 1.165) is 11.8 Å². The van der Waals surface area contributed by atoms with Crippen LogP contribution in [-0.4, -0.2) is 24.5 Å². The number of carbonyl (C=O) groups is 1. The van der Waals surface area contributed by atoms with E-state index in [1.165, 1.54) is 0 Å². The van der Waals surface area contributed by atoms with Gasteiger partial charge in [0.25, 0.3) is 0 Å². The highest BCUT2D eigenvalue weighted by Gasteiger charge is 1.79. The summed E-state index contributed by atoms with van der Waals surface area (Å²) in [6.45, 7) is 0.472. The average molecular weight is 167 g/mol. The maximum absolute atomic E-state index is 10.0. The first kappa shape index (κ1) is 10.8. The molecule has 0 fully saturated rings. The zero-order valence-electron chi connectivity index (χ0n) is 6.81. The number of carbonyl (C=O) groups excluding carboxylic acids is 1. The van der Waals surface area contributed by atoms with Gasteiger partial charge in [-0.15, -0.1) is 0 Å². The molecule has 0 heterocycles. The topological polar surface area (TPSA) is 63.3 Å². The highest BCUT2D eigenvalue weighted by Crippen LogP contribution is 1.91. The second-order valence-corrected chi connectivity index (χ2v) is 2.04. The molecule has 0 saturated carbocycles. The minimum atomic E-state index is 0.0972. The monoisotopic (exact) mass is 167 g/mol. The molecule has 3 N–H and O–H groups in total. The van der Waals surface area contributed by atoms with Crippen LogP contribution < -0.4 is 5.73 Å². The summed E-state index contributed by atoms with van der Waals surface area (Å²) in [7, 11) is 0. The summed E-state index contributed by atoms with van der Waals surface area (Å²) in [6, 6.07) is 9.10. The van der Waals surface area contributed by atoms with Gasteiger partial charge in [0.1, 0.15) is 6.29 Å². The van der Waals surface area contributed by atoms with Crippen LogP contribution in [0.4, 0.5) is 0 Å². The third-order valence-electron chi connectivity index (χ3n) is 1.06. The molecule has 0 saturated heterocycles. The molecule has 1 rings (SSSR count). The molecule has 0 aliphatic heterocycles. The fourth-order valence-corrected chi connectivity index (χ4v) is 0.532. The molecule has 3 nitrogen and oxygen atoms in total. The second-order valence-electron chi connectivity index (χ2n) is 2.04. The van der Waals surface area contributed by atoms with Crippen molar-refractivity contribution in [2.75, 3.05) is 13.2 Å². The van der Waals surface area contributed by atoms with Gasteiger partial charge >= 0.3 is 0 Å². The van der Waals surface area contributed by atoms with Gasteiger partial charge in [-0.2, -0.15) is 0 Å². The number of aliphatic hydroxyl groups is 1. The Kier molecular flexibility index (Phi) is 7.13. The SMILES string of the molecule is NCCO.O=Cc1ccccc1. The summed E-state index contributed by atoms with van der Waals surface area (Å²) in [5.41, 5.74) is 5.51. The number of nitrogens with two attached hydrogens (primary N) is 1. The van der Waals surface area contributed by atoms with Gasteiger partial charge in [0, 0.05) is 12.1 Å². The molecule has 1 aromatic carbocycles. The fourth-order valence-electron chi connectivity index (χ4n) is 0.532. The second kappa shape index (κ2) is 7.91. The van der Waals surface area contributed by atoms with Crippen molar-refractivity contribution < 1.29 is 9.90 Å². The Bertz CT molecular complexity index is 197. The maximum atomic E-state index is 10.0. The van der Waals surface area contributed by atoms with Crippen molar-refractivity contribution >= 4 is 6.29 Å². The lowest BCUT2D eigenvalue weighted by Crippen LogP contribution is -2.02. The first-order valence-electron chi connectivity index (χ1n) is 3.66. The van der Waals surface area contributed by atoms with Gasteiger partial charge in [0.05, 0.1) is 6.61 Å². The molecule has 0 bridgehead atoms. The fraction of sp³-hybridized carbons (Fsp3) is 0.222. The van der Waals surface area contributed by atoms with Crippen LogP contribution in [-0.2, 0) is 0 Å². The van der Waals surface area contributed by atoms with E-state index in [9.17, 15) is 4.79 Å². The molecule has 1 aromatic rings. The zero-order valence-corrected chi connectivity index (χ0v) is 6.81. The number of hydrogen-bond donors (Lipinski definition) is 2. The summed E-state index contributed by atoms with van der Waals surface area (Å²) in [6.07, 6.45) is 0.833. The van der Waals surface area contributed by atoms with Gasteiger partial charge in [0.15, 0.2) is 0 Å². The predicted molar refractivity (Wildman–Crippen MR) is 48.0 cm³/mol. The summed E-state index contributed by atoms with van der Waals surface area (Å²) in [4.78, 5) is 10.0. The molecular weight excluding hydrogens is 154 g/mol. The Morgan fingerprint density at radius 3 is 2.08 bits per heavy atom. The van der Waals surface area contributed by atoms with E-state index in [1.807, 2.05) is 18.2 Å². The van der Waals surface area contributed by atoms with Crippen LogP contribution in [0.5, 0.6) is 0 Å². The molecule has 3 heteroatoms. The average Bonchev–Trinajstić information content (AvgIpc) is 2.19. The number of benzene rings is 1. The van der Waals surface area contributed by atoms with Gasteiger partial charge in [-0.1, -0.05) is 30.3 Å². The Labute approximate surface area is 71.8 Å². The van der Waals surface area contributed by atoms with E-state index >= 15 is 0 Å². The van der Waals surface area contributed by atoms with E-state index < -0.39 is 0 Å². The molecule has 12 heavy (non-hydrogen) atoms. The van der Waals surface area contributed by atoms with Gasteiger partial charge in [0.2, 0.25) is 0 Å². The highest BCUT2D eigenvalue weighted by molar-refractivity contribution is 5.74. The molecule has 0 unspecified atom stereocenters. The molecule has 0 atom stereocenters. The van der Waals surface area contributed by atoms with Crippen molar-refractivity contribution in [2.24, 2.45) is 5.73 Å². The van der Waals surface area contributed by atoms with Crippen LogP contribution in [0, 0.1) is 0 Å². The zero-order chi connectivity index (χ0) is 9.23. The van der Waals surface area contributed by atoms with Crippen LogP contribution >= 0.6 is 0 Å². The van der Waals surface area contributed by atoms with Crippen molar-refractivity contribution in [3.05, 3.63) is 35.9 Å². The van der Waals surface area contributed by atoms with Crippen LogP contribution in [0.15, 0.2) is 30.3 Å². The van der Waals surface area contributed by atoms with Gasteiger partial charge in [-0.05, 0) is 0 Å². The Balaban J connectivity index is 0.000000261. The van der Waals surface area contributed by atoms with Crippen LogP contribution in [0.2, 0.25) is 0 Å². The normalized spacial score (nSPS) is 8.17. The van der Waals surface area contributed by atoms with E-state index in [0.29, 0.717) is 6.54 Å². The number of hydrogen-bond acceptors (Lipinski definition) is 3. The van der Waals surface area contributed by atoms with Crippen LogP contribution in [0.1, 0.15) is 10.4 Å². The first-order valence-corrected chi connectivity index (χ1v) is 3.66. The smallest absolute Gasteiger partial charge is 0.150 e. The van der Waals surface area contributed by atoms with Crippen LogP contribution in [0.3, 0.4) is 0 Å². The molecule has 0 amide bonds. The quantitative estimate of drug-likeness (QED) is 0.628. The molecular formula is C9H13NO2. The first-order chi connectivity index (χ1) is 5.85. The summed E-state index contributed by atoms with van der Waals surface area (Å²) in [5, 5.41) is 7.75. The molecule has 0 aliphatic rings. The standard InChI is InChI=1S/C7H6O.C2H7NO/c8-6-7-4-2-1-3-5-7;3-1-2-4/h1-6H;4H,1-3H2. The van der Waals surface area contributed by atoms with Gasteiger partial charge in [-0.25, -0.2) is 0 Å². The van der Waals surface area contributed by atoms with Crippen molar-refractivity contribution in [3.63, 3.8) is 0 Å². The van der Waals surface area contributed by atoms with E-state index in [2.05, 4.69) is 0 Å². The number of rotatable bonds is 2. The van der Waals surface area contributed by atoms with Crippen LogP contribution in [0.25, 0.3) is 0 Å². The van der Waals surface area contributed by atoms with E-state index in [1.54, 1.807) is 12.1 Å². The predicted octanol–water partition coefficient (Wildman–Crippen LogP) is 0.436. The molecule has 0 aliphatic carbocycles. The van der Waals surface area contributed by atoms with E-state index in [4.69, 9.17) is 10.8 Å². The van der Waals surface area contributed by atoms with Crippen molar-refractivity contribution in [1.29, 1.82) is 0 Å². The van der Waals surface area contributed by atoms with Crippen molar-refractivity contribution in [1.82, 2.24) is 0 Å². The molecule has 0 aromatic heterocycles. The Hall–Kier alpha value is -1.19. The van der Waals surface area contributed by atoms with Gasteiger partial charge < -0.3 is 10.8 Å². The lowest BCUT2D eigenvalue weighted by Gasteiger charge is -1.81. The Morgan fingerprint density at radius 2 is 1.83 bits per heavy atom. The minimum Gasteiger partial charge on any atom is -0.395 e. The van der Waals surface area contributed by atoms with Crippen molar-refractivity contribution in [3.8, 4) is 0 Å². The minimum absolute atomic E-state index is 0.0972. The number of aliphatic hydroxyl groups excluding tert-OH is 1. The third kappa shape index (κ3) is 5.58. The highest BCUT2D eigenvalue weighted by atomic mass is 16.3. The van der Waals surface area contributed by atoms with Gasteiger partial charge in [-0.3, -0.25) is 4.79 Å². The summed E-state index contributed by atoms with van der Waals surface area (Å²) >= 11 is 0. The third-order valence-corrected chi connectivity index (χ3v) is 1.06. The van der Waals surface area contributed by atoms with Crippen molar-refractivity contribution in [2.45, 2.75) is 0 Å². The summed E-state index contributed by atoms with van der Waals surface area (Å²) in [5.74, 6) is 0. The van der Waals surface area contributed by atoms with E-state index in [-0.39, 0.29) is 6.61 Å². The molecule has 0 spiro atoms. The lowest BCUT2D eigenvalue weighted by molar-refractivity contribution is 0.112.